The van der Waals surface area contributed by atoms with Gasteiger partial charge in [0.05, 0.1) is 10.9 Å². The maximum atomic E-state index is 13.4. The minimum atomic E-state index is -0.580. The molecule has 0 unspecified atom stereocenters. The number of piperidine rings is 1. The number of fused-ring (bicyclic) bond motifs is 1. The number of aryl methyl sites for hydroxylation is 1. The van der Waals surface area contributed by atoms with Gasteiger partial charge < -0.3 is 5.32 Å². The van der Waals surface area contributed by atoms with E-state index in [1.807, 2.05) is 31.2 Å². The number of carbonyl (C=O) groups is 1. The number of pyridine rings is 1. The van der Waals surface area contributed by atoms with E-state index in [1.165, 1.54) is 23.0 Å². The number of anilines is 1. The van der Waals surface area contributed by atoms with Gasteiger partial charge >= 0.3 is 5.69 Å². The molecule has 0 spiro atoms. The number of rotatable bonds is 7. The van der Waals surface area contributed by atoms with Crippen molar-refractivity contribution in [3.8, 4) is 0 Å². The molecule has 2 fully saturated rings. The molecule has 3 aromatic rings. The number of aromatic amines is 1. The van der Waals surface area contributed by atoms with Gasteiger partial charge in [0.2, 0.25) is 0 Å². The molecule has 1 aromatic carbocycles. The third-order valence-electron chi connectivity index (χ3n) is 7.15. The fourth-order valence-corrected chi connectivity index (χ4v) is 4.86. The molecule has 3 heterocycles. The predicted octanol–water partition coefficient (Wildman–Crippen LogP) is 3.86. The van der Waals surface area contributed by atoms with E-state index < -0.39 is 11.2 Å². The molecular formula is C27H33N5O3. The van der Waals surface area contributed by atoms with Crippen LogP contribution >= 0.6 is 0 Å². The van der Waals surface area contributed by atoms with E-state index in [9.17, 15) is 14.4 Å². The number of nitrogens with one attached hydrogen (secondary N) is 2. The number of hydrogen-bond donors (Lipinski definition) is 2. The molecule has 2 aromatic heterocycles. The van der Waals surface area contributed by atoms with Crippen LogP contribution in [-0.4, -0.2) is 38.4 Å². The van der Waals surface area contributed by atoms with E-state index in [0.717, 1.165) is 44.1 Å². The first kappa shape index (κ1) is 23.5. The van der Waals surface area contributed by atoms with Crippen molar-refractivity contribution in [2.45, 2.75) is 65.0 Å². The standard InChI is InChI=1S/C27H33N5O3/c1-3-12-32-24-23(26(34)30-27(32)35)21(15-22(29-24)19-6-7-19)25(33)28-20-8-4-18(5-9-20)16-31-13-10-17(2)11-14-31/h4-5,8-9,15,17,19H,3,6-7,10-14,16H2,1-2H3,(H,28,33)(H,30,34,35). The van der Waals surface area contributed by atoms with Gasteiger partial charge in [0, 0.05) is 30.4 Å². The first-order valence-corrected chi connectivity index (χ1v) is 12.7. The van der Waals surface area contributed by atoms with E-state index in [0.29, 0.717) is 24.3 Å². The minimum Gasteiger partial charge on any atom is -0.322 e. The Labute approximate surface area is 204 Å². The summed E-state index contributed by atoms with van der Waals surface area (Å²) in [6.07, 6.45) is 5.18. The quantitative estimate of drug-likeness (QED) is 0.541. The van der Waals surface area contributed by atoms with Crippen LogP contribution in [0.1, 0.15) is 73.5 Å². The van der Waals surface area contributed by atoms with Gasteiger partial charge in [-0.05, 0) is 74.9 Å². The van der Waals surface area contributed by atoms with Crippen molar-refractivity contribution >= 4 is 22.6 Å². The zero-order valence-corrected chi connectivity index (χ0v) is 20.5. The summed E-state index contributed by atoms with van der Waals surface area (Å²) in [6.45, 7) is 7.84. The highest BCUT2D eigenvalue weighted by atomic mass is 16.2. The Balaban J connectivity index is 1.42. The lowest BCUT2D eigenvalue weighted by Gasteiger charge is -2.30. The average molecular weight is 476 g/mol. The lowest BCUT2D eigenvalue weighted by molar-refractivity contribution is 0.102. The van der Waals surface area contributed by atoms with Crippen LogP contribution in [0.3, 0.4) is 0 Å². The Morgan fingerprint density at radius 3 is 2.49 bits per heavy atom. The zero-order chi connectivity index (χ0) is 24.5. The summed E-state index contributed by atoms with van der Waals surface area (Å²) >= 11 is 0. The molecule has 1 amide bonds. The third-order valence-corrected chi connectivity index (χ3v) is 7.15. The molecule has 1 aliphatic heterocycles. The maximum absolute atomic E-state index is 13.4. The summed E-state index contributed by atoms with van der Waals surface area (Å²) in [5, 5.41) is 3.11. The van der Waals surface area contributed by atoms with Gasteiger partial charge in [0.15, 0.2) is 5.65 Å². The number of aromatic nitrogens is 3. The summed E-state index contributed by atoms with van der Waals surface area (Å²) in [6, 6.07) is 9.61. The fourth-order valence-electron chi connectivity index (χ4n) is 4.86. The average Bonchev–Trinajstić information content (AvgIpc) is 3.69. The molecule has 1 saturated heterocycles. The van der Waals surface area contributed by atoms with Crippen molar-refractivity contribution < 1.29 is 4.79 Å². The molecular weight excluding hydrogens is 442 g/mol. The summed E-state index contributed by atoms with van der Waals surface area (Å²) < 4.78 is 1.47. The van der Waals surface area contributed by atoms with Gasteiger partial charge in [-0.1, -0.05) is 26.0 Å². The normalized spacial score (nSPS) is 17.1. The van der Waals surface area contributed by atoms with Gasteiger partial charge in [0.1, 0.15) is 0 Å². The van der Waals surface area contributed by atoms with Gasteiger partial charge in [-0.15, -0.1) is 0 Å². The van der Waals surface area contributed by atoms with Crippen LogP contribution in [-0.2, 0) is 13.1 Å². The van der Waals surface area contributed by atoms with E-state index in [-0.39, 0.29) is 22.8 Å². The maximum Gasteiger partial charge on any atom is 0.329 e. The van der Waals surface area contributed by atoms with Crippen molar-refractivity contribution in [3.63, 3.8) is 0 Å². The van der Waals surface area contributed by atoms with Crippen LogP contribution in [0.5, 0.6) is 0 Å². The molecule has 2 N–H and O–H groups in total. The summed E-state index contributed by atoms with van der Waals surface area (Å²) in [5.41, 5.74) is 2.13. The number of H-pyrrole nitrogens is 1. The lowest BCUT2D eigenvalue weighted by Crippen LogP contribution is -2.32. The summed E-state index contributed by atoms with van der Waals surface area (Å²) in [4.78, 5) is 48.1. The number of benzene rings is 1. The Kier molecular flexibility index (Phi) is 6.56. The second-order valence-electron chi connectivity index (χ2n) is 10.1. The Morgan fingerprint density at radius 2 is 1.83 bits per heavy atom. The molecule has 5 rings (SSSR count). The SMILES string of the molecule is CCCn1c(=O)[nH]c(=O)c2c(C(=O)Nc3ccc(CN4CCC(C)CC4)cc3)cc(C3CC3)nc21. The van der Waals surface area contributed by atoms with Crippen LogP contribution in [0, 0.1) is 5.92 Å². The highest BCUT2D eigenvalue weighted by Crippen LogP contribution is 2.40. The monoisotopic (exact) mass is 475 g/mol. The molecule has 35 heavy (non-hydrogen) atoms. The number of amides is 1. The number of likely N-dealkylation sites (tertiary alicyclic amines) is 1. The predicted molar refractivity (Wildman–Crippen MR) is 137 cm³/mol. The lowest BCUT2D eigenvalue weighted by atomic mass is 9.99. The van der Waals surface area contributed by atoms with Crippen LogP contribution < -0.4 is 16.6 Å². The zero-order valence-electron chi connectivity index (χ0n) is 20.5. The molecule has 1 saturated carbocycles. The molecule has 0 radical (unpaired) electrons. The van der Waals surface area contributed by atoms with Crippen LogP contribution in [0.2, 0.25) is 0 Å². The number of hydrogen-bond acceptors (Lipinski definition) is 5. The van der Waals surface area contributed by atoms with E-state index in [4.69, 9.17) is 0 Å². The molecule has 0 atom stereocenters. The van der Waals surface area contributed by atoms with Crippen molar-refractivity contribution in [2.24, 2.45) is 5.92 Å². The summed E-state index contributed by atoms with van der Waals surface area (Å²) in [7, 11) is 0. The summed E-state index contributed by atoms with van der Waals surface area (Å²) in [5.74, 6) is 0.703. The van der Waals surface area contributed by atoms with Crippen molar-refractivity contribution in [1.29, 1.82) is 0 Å². The Hall–Kier alpha value is -3.26. The topological polar surface area (TPSA) is 100 Å². The van der Waals surface area contributed by atoms with Gasteiger partial charge in [0.25, 0.3) is 11.5 Å². The highest BCUT2D eigenvalue weighted by Gasteiger charge is 2.28. The number of carbonyl (C=O) groups excluding carboxylic acids is 1. The molecule has 8 heteroatoms. The molecule has 184 valence electrons. The fraction of sp³-hybridized carbons (Fsp3) is 0.481. The largest absolute Gasteiger partial charge is 0.329 e. The van der Waals surface area contributed by atoms with Crippen molar-refractivity contribution in [1.82, 2.24) is 19.4 Å². The molecule has 1 aliphatic carbocycles. The van der Waals surface area contributed by atoms with Gasteiger partial charge in [-0.3, -0.25) is 24.0 Å². The second-order valence-corrected chi connectivity index (χ2v) is 10.1. The molecule has 2 aliphatic rings. The van der Waals surface area contributed by atoms with E-state index in [1.54, 1.807) is 6.07 Å². The van der Waals surface area contributed by atoms with E-state index in [2.05, 4.69) is 27.1 Å². The first-order chi connectivity index (χ1) is 16.9. The van der Waals surface area contributed by atoms with Gasteiger partial charge in [-0.2, -0.15) is 0 Å². The second kappa shape index (κ2) is 9.77. The van der Waals surface area contributed by atoms with Crippen LogP contribution in [0.15, 0.2) is 39.9 Å². The van der Waals surface area contributed by atoms with E-state index >= 15 is 0 Å². The smallest absolute Gasteiger partial charge is 0.322 e. The number of nitrogens with zero attached hydrogens (tertiary/aromatic N) is 3. The van der Waals surface area contributed by atoms with Crippen LogP contribution in [0.4, 0.5) is 5.69 Å². The molecule has 8 nitrogen and oxygen atoms in total. The van der Waals surface area contributed by atoms with Crippen molar-refractivity contribution in [2.75, 3.05) is 18.4 Å². The highest BCUT2D eigenvalue weighted by molar-refractivity contribution is 6.11. The third kappa shape index (κ3) is 5.07. The van der Waals surface area contributed by atoms with Crippen molar-refractivity contribution in [3.05, 3.63) is 68.0 Å². The first-order valence-electron chi connectivity index (χ1n) is 12.7. The van der Waals surface area contributed by atoms with Gasteiger partial charge in [-0.25, -0.2) is 9.78 Å². The Morgan fingerprint density at radius 1 is 1.11 bits per heavy atom. The Bertz CT molecular complexity index is 1350. The minimum absolute atomic E-state index is 0.163. The van der Waals surface area contributed by atoms with Crippen LogP contribution in [0.25, 0.3) is 11.0 Å². The molecule has 0 bridgehead atoms.